The molecule has 1 amide bonds. The highest BCUT2D eigenvalue weighted by molar-refractivity contribution is 14.1. The number of rotatable bonds is 5. The van der Waals surface area contributed by atoms with Crippen LogP contribution < -0.4 is 10.2 Å². The summed E-state index contributed by atoms with van der Waals surface area (Å²) in [4.78, 5) is 13.1. The lowest BCUT2D eigenvalue weighted by molar-refractivity contribution is -0.885. The average molecular weight is 387 g/mol. The van der Waals surface area contributed by atoms with Crippen LogP contribution in [0.4, 0.5) is 5.69 Å². The van der Waals surface area contributed by atoms with Crippen LogP contribution in [0.2, 0.25) is 0 Å². The number of benzene rings is 1. The SMILES string of the molecule is C[NH+](CC(=O)Nc1cccc(I)c1)Cc1ccsc1. The molecule has 2 N–H and O–H groups in total. The van der Waals surface area contributed by atoms with E-state index in [1.165, 1.54) is 10.5 Å². The maximum atomic E-state index is 11.9. The lowest BCUT2D eigenvalue weighted by atomic mass is 10.3. The quantitative estimate of drug-likeness (QED) is 0.757. The van der Waals surface area contributed by atoms with E-state index in [0.29, 0.717) is 6.54 Å². The molecular weight excluding hydrogens is 371 g/mol. The van der Waals surface area contributed by atoms with E-state index in [2.05, 4.69) is 44.7 Å². The predicted octanol–water partition coefficient (Wildman–Crippen LogP) is 2.01. The van der Waals surface area contributed by atoms with Gasteiger partial charge in [0.1, 0.15) is 6.54 Å². The van der Waals surface area contributed by atoms with Crippen LogP contribution in [0.1, 0.15) is 5.56 Å². The van der Waals surface area contributed by atoms with Gasteiger partial charge in [0, 0.05) is 14.8 Å². The van der Waals surface area contributed by atoms with Gasteiger partial charge in [-0.15, -0.1) is 0 Å². The van der Waals surface area contributed by atoms with E-state index in [1.807, 2.05) is 31.3 Å². The molecule has 1 unspecified atom stereocenters. The van der Waals surface area contributed by atoms with Crippen molar-refractivity contribution in [2.45, 2.75) is 6.54 Å². The van der Waals surface area contributed by atoms with E-state index in [0.717, 1.165) is 15.8 Å². The number of likely N-dealkylation sites (N-methyl/N-ethyl adjacent to an activating group) is 1. The molecule has 0 aliphatic heterocycles. The first-order valence-corrected chi connectivity index (χ1v) is 8.03. The van der Waals surface area contributed by atoms with Gasteiger partial charge in [0.05, 0.1) is 7.05 Å². The van der Waals surface area contributed by atoms with Crippen LogP contribution >= 0.6 is 33.9 Å². The molecule has 1 atom stereocenters. The van der Waals surface area contributed by atoms with Gasteiger partial charge in [-0.1, -0.05) is 6.07 Å². The van der Waals surface area contributed by atoms with Gasteiger partial charge < -0.3 is 10.2 Å². The zero-order chi connectivity index (χ0) is 13.7. The number of amides is 1. The van der Waals surface area contributed by atoms with E-state index in [9.17, 15) is 4.79 Å². The van der Waals surface area contributed by atoms with Crippen LogP contribution in [0, 0.1) is 3.57 Å². The normalized spacial score (nSPS) is 12.1. The molecule has 1 heterocycles. The van der Waals surface area contributed by atoms with E-state index in [4.69, 9.17) is 0 Å². The Balaban J connectivity index is 1.84. The maximum Gasteiger partial charge on any atom is 0.279 e. The molecular formula is C14H16IN2OS+. The zero-order valence-electron chi connectivity index (χ0n) is 10.7. The molecule has 1 aromatic heterocycles. The van der Waals surface area contributed by atoms with Crippen LogP contribution in [0.5, 0.6) is 0 Å². The van der Waals surface area contributed by atoms with Gasteiger partial charge in [0.2, 0.25) is 0 Å². The second kappa shape index (κ2) is 7.02. The van der Waals surface area contributed by atoms with E-state index in [1.54, 1.807) is 11.3 Å². The second-order valence-electron chi connectivity index (χ2n) is 4.50. The lowest BCUT2D eigenvalue weighted by Gasteiger charge is -2.13. The van der Waals surface area contributed by atoms with Crippen LogP contribution in [-0.4, -0.2) is 19.5 Å². The summed E-state index contributed by atoms with van der Waals surface area (Å²) in [6.45, 7) is 1.35. The topological polar surface area (TPSA) is 33.5 Å². The average Bonchev–Trinajstić information content (AvgIpc) is 2.81. The zero-order valence-corrected chi connectivity index (χ0v) is 13.6. The van der Waals surface area contributed by atoms with Crippen molar-refractivity contribution in [3.8, 4) is 0 Å². The first-order valence-electron chi connectivity index (χ1n) is 6.01. The van der Waals surface area contributed by atoms with Crippen molar-refractivity contribution >= 4 is 45.5 Å². The number of hydrogen-bond acceptors (Lipinski definition) is 2. The fourth-order valence-corrected chi connectivity index (χ4v) is 3.06. The predicted molar refractivity (Wildman–Crippen MR) is 87.6 cm³/mol. The van der Waals surface area contributed by atoms with Crippen molar-refractivity contribution in [1.82, 2.24) is 0 Å². The van der Waals surface area contributed by atoms with Crippen molar-refractivity contribution in [3.05, 3.63) is 50.2 Å². The maximum absolute atomic E-state index is 11.9. The van der Waals surface area contributed by atoms with Crippen LogP contribution in [0.3, 0.4) is 0 Å². The fourth-order valence-electron chi connectivity index (χ4n) is 1.85. The first kappa shape index (κ1) is 14.5. The van der Waals surface area contributed by atoms with Gasteiger partial charge in [-0.05, 0) is 57.6 Å². The molecule has 0 aliphatic rings. The van der Waals surface area contributed by atoms with Gasteiger partial charge in [0.15, 0.2) is 6.54 Å². The molecule has 1 aromatic carbocycles. The Hall–Kier alpha value is -0.920. The summed E-state index contributed by atoms with van der Waals surface area (Å²) < 4.78 is 1.12. The Kier molecular flexibility index (Phi) is 5.35. The van der Waals surface area contributed by atoms with Crippen molar-refractivity contribution in [2.75, 3.05) is 18.9 Å². The number of thiophene rings is 1. The summed E-state index contributed by atoms with van der Waals surface area (Å²) in [7, 11) is 2.03. The number of carbonyl (C=O) groups excluding carboxylic acids is 1. The monoisotopic (exact) mass is 387 g/mol. The summed E-state index contributed by atoms with van der Waals surface area (Å²) in [6.07, 6.45) is 0. The van der Waals surface area contributed by atoms with Gasteiger partial charge in [0.25, 0.3) is 5.91 Å². The highest BCUT2D eigenvalue weighted by atomic mass is 127. The minimum Gasteiger partial charge on any atom is -0.326 e. The van der Waals surface area contributed by atoms with Crippen molar-refractivity contribution in [1.29, 1.82) is 0 Å². The summed E-state index contributed by atoms with van der Waals surface area (Å²) in [5, 5.41) is 7.12. The molecule has 100 valence electrons. The van der Waals surface area contributed by atoms with E-state index < -0.39 is 0 Å². The highest BCUT2D eigenvalue weighted by Crippen LogP contribution is 2.11. The van der Waals surface area contributed by atoms with Crippen molar-refractivity contribution in [2.24, 2.45) is 0 Å². The molecule has 0 saturated carbocycles. The molecule has 2 rings (SSSR count). The van der Waals surface area contributed by atoms with E-state index in [-0.39, 0.29) is 5.91 Å². The van der Waals surface area contributed by atoms with E-state index >= 15 is 0 Å². The minimum atomic E-state index is 0.0507. The Morgan fingerprint density at radius 3 is 2.95 bits per heavy atom. The van der Waals surface area contributed by atoms with Gasteiger partial charge >= 0.3 is 0 Å². The largest absolute Gasteiger partial charge is 0.326 e. The Labute approximate surface area is 130 Å². The second-order valence-corrected chi connectivity index (χ2v) is 6.53. The standard InChI is InChI=1S/C14H15IN2OS/c1-17(8-11-5-6-19-10-11)9-14(18)16-13-4-2-3-12(15)7-13/h2-7,10H,8-9H2,1H3,(H,16,18)/p+1. The third-order valence-electron chi connectivity index (χ3n) is 2.66. The Morgan fingerprint density at radius 2 is 2.26 bits per heavy atom. The van der Waals surface area contributed by atoms with Gasteiger partial charge in [-0.2, -0.15) is 11.3 Å². The Morgan fingerprint density at radius 1 is 1.42 bits per heavy atom. The third kappa shape index (κ3) is 4.93. The number of halogens is 1. The molecule has 19 heavy (non-hydrogen) atoms. The summed E-state index contributed by atoms with van der Waals surface area (Å²) in [5.41, 5.74) is 2.14. The molecule has 0 bridgehead atoms. The van der Waals surface area contributed by atoms with Crippen LogP contribution in [-0.2, 0) is 11.3 Å². The summed E-state index contributed by atoms with van der Waals surface area (Å²) in [5.74, 6) is 0.0507. The van der Waals surface area contributed by atoms with Gasteiger partial charge in [-0.25, -0.2) is 0 Å². The summed E-state index contributed by atoms with van der Waals surface area (Å²) in [6, 6.07) is 9.93. The highest BCUT2D eigenvalue weighted by Gasteiger charge is 2.11. The number of nitrogens with one attached hydrogen (secondary N) is 2. The molecule has 0 aliphatic carbocycles. The number of quaternary nitrogens is 1. The lowest BCUT2D eigenvalue weighted by Crippen LogP contribution is -3.08. The summed E-state index contributed by atoms with van der Waals surface area (Å²) >= 11 is 3.93. The minimum absolute atomic E-state index is 0.0507. The van der Waals surface area contributed by atoms with Crippen LogP contribution in [0.25, 0.3) is 0 Å². The number of carbonyl (C=O) groups is 1. The smallest absolute Gasteiger partial charge is 0.279 e. The Bertz CT molecular complexity index is 542. The number of anilines is 1. The molecule has 0 radical (unpaired) electrons. The molecule has 2 aromatic rings. The molecule has 3 nitrogen and oxygen atoms in total. The fraction of sp³-hybridized carbons (Fsp3) is 0.214. The van der Waals surface area contributed by atoms with Crippen molar-refractivity contribution < 1.29 is 9.69 Å². The first-order chi connectivity index (χ1) is 9.13. The third-order valence-corrected chi connectivity index (χ3v) is 4.06. The molecule has 0 fully saturated rings. The molecule has 5 heteroatoms. The molecule has 0 spiro atoms. The van der Waals surface area contributed by atoms with Gasteiger partial charge in [-0.3, -0.25) is 4.79 Å². The van der Waals surface area contributed by atoms with Crippen LogP contribution in [0.15, 0.2) is 41.1 Å². The molecule has 0 saturated heterocycles. The number of hydrogen-bond donors (Lipinski definition) is 2. The van der Waals surface area contributed by atoms with Crippen molar-refractivity contribution in [3.63, 3.8) is 0 Å².